The Morgan fingerprint density at radius 1 is 1.56 bits per heavy atom. The van der Waals surface area contributed by atoms with Crippen LogP contribution in [0.3, 0.4) is 0 Å². The van der Waals surface area contributed by atoms with E-state index >= 15 is 0 Å². The third kappa shape index (κ3) is 2.69. The molecule has 0 aliphatic carbocycles. The lowest BCUT2D eigenvalue weighted by atomic mass is 10.1. The maximum Gasteiger partial charge on any atom is 0.245 e. The molecule has 1 aliphatic heterocycles. The van der Waals surface area contributed by atoms with Crippen LogP contribution in [-0.2, 0) is 17.1 Å². The van der Waals surface area contributed by atoms with Crippen molar-refractivity contribution >= 4 is 21.6 Å². The summed E-state index contributed by atoms with van der Waals surface area (Å²) in [5, 5.41) is 7.32. The zero-order valence-corrected chi connectivity index (χ0v) is 12.0. The van der Waals surface area contributed by atoms with Crippen molar-refractivity contribution in [1.82, 2.24) is 19.8 Å². The molecule has 1 aromatic rings. The van der Waals surface area contributed by atoms with Crippen LogP contribution in [-0.4, -0.2) is 37.3 Å². The summed E-state index contributed by atoms with van der Waals surface area (Å²) in [6.07, 6.45) is 1.80. The van der Waals surface area contributed by atoms with E-state index in [2.05, 4.69) is 15.1 Å². The minimum absolute atomic E-state index is 0.0808. The minimum Gasteiger partial charge on any atom is -0.315 e. The largest absolute Gasteiger partial charge is 0.315 e. The van der Waals surface area contributed by atoms with Crippen LogP contribution in [0.1, 0.15) is 18.5 Å². The lowest BCUT2D eigenvalue weighted by Gasteiger charge is -2.23. The molecule has 0 amide bonds. The zero-order valence-electron chi connectivity index (χ0n) is 10.4. The van der Waals surface area contributed by atoms with Gasteiger partial charge in [-0.3, -0.25) is 4.68 Å². The van der Waals surface area contributed by atoms with Crippen molar-refractivity contribution in [3.63, 3.8) is 0 Å². The fraction of sp³-hybridized carbons (Fsp3) is 0.700. The second-order valence-corrected chi connectivity index (χ2v) is 6.50. The van der Waals surface area contributed by atoms with Gasteiger partial charge in [0.2, 0.25) is 10.0 Å². The molecule has 2 N–H and O–H groups in total. The first-order chi connectivity index (χ1) is 8.42. The Kier molecular flexibility index (Phi) is 3.96. The molecule has 0 saturated carbocycles. The molecular formula is C10H17ClN4O2S. The third-order valence-corrected chi connectivity index (χ3v) is 5.20. The first-order valence-corrected chi connectivity index (χ1v) is 7.70. The van der Waals surface area contributed by atoms with Gasteiger partial charge in [-0.15, -0.1) is 0 Å². The molecule has 1 aliphatic rings. The summed E-state index contributed by atoms with van der Waals surface area (Å²) in [5.74, 6) is 0. The number of hydrogen-bond acceptors (Lipinski definition) is 4. The van der Waals surface area contributed by atoms with E-state index in [1.165, 1.54) is 4.68 Å². The Hall–Kier alpha value is -0.630. The highest BCUT2D eigenvalue weighted by Gasteiger charge is 2.28. The minimum atomic E-state index is -3.61. The fourth-order valence-corrected chi connectivity index (χ4v) is 4.17. The number of aryl methyl sites for hydroxylation is 2. The number of nitrogens with one attached hydrogen (secondary N) is 2. The van der Waals surface area contributed by atoms with Gasteiger partial charge in [0.25, 0.3) is 0 Å². The van der Waals surface area contributed by atoms with Gasteiger partial charge in [-0.25, -0.2) is 13.1 Å². The van der Waals surface area contributed by atoms with E-state index in [9.17, 15) is 8.42 Å². The maximum atomic E-state index is 12.3. The predicted molar refractivity (Wildman–Crippen MR) is 69.2 cm³/mol. The summed E-state index contributed by atoms with van der Waals surface area (Å²) in [6.45, 7) is 3.22. The summed E-state index contributed by atoms with van der Waals surface area (Å²) in [5.41, 5.74) is 0.416. The average Bonchev–Trinajstić information content (AvgIpc) is 2.54. The quantitative estimate of drug-likeness (QED) is 0.846. The highest BCUT2D eigenvalue weighted by atomic mass is 35.5. The number of halogens is 1. The number of sulfonamides is 1. The Balaban J connectivity index is 2.24. The SMILES string of the molecule is Cc1nn(C)c(Cl)c1S(=O)(=O)N[C@H]1CCCNC1. The standard InChI is InChI=1S/C10H17ClN4O2S/c1-7-9(10(11)15(2)13-7)18(16,17)14-8-4-3-5-12-6-8/h8,12,14H,3-6H2,1-2H3/t8-/m0/s1. The van der Waals surface area contributed by atoms with Crippen LogP contribution >= 0.6 is 11.6 Å². The molecule has 1 fully saturated rings. The van der Waals surface area contributed by atoms with Crippen molar-refractivity contribution in [3.05, 3.63) is 10.8 Å². The van der Waals surface area contributed by atoms with Gasteiger partial charge in [0.1, 0.15) is 10.0 Å². The summed E-state index contributed by atoms with van der Waals surface area (Å²) >= 11 is 5.98. The molecule has 0 unspecified atom stereocenters. The second kappa shape index (κ2) is 5.16. The Labute approximate surface area is 112 Å². The smallest absolute Gasteiger partial charge is 0.245 e. The molecule has 18 heavy (non-hydrogen) atoms. The molecule has 2 rings (SSSR count). The summed E-state index contributed by atoms with van der Waals surface area (Å²) < 4.78 is 28.6. The third-order valence-electron chi connectivity index (χ3n) is 2.99. The van der Waals surface area contributed by atoms with Gasteiger partial charge < -0.3 is 5.32 Å². The molecule has 2 heterocycles. The van der Waals surface area contributed by atoms with Gasteiger partial charge in [0.15, 0.2) is 0 Å². The Morgan fingerprint density at radius 2 is 2.28 bits per heavy atom. The van der Waals surface area contributed by atoms with Crippen LogP contribution in [0, 0.1) is 6.92 Å². The normalized spacial score (nSPS) is 21.2. The number of aromatic nitrogens is 2. The van der Waals surface area contributed by atoms with Gasteiger partial charge in [-0.05, 0) is 26.3 Å². The molecule has 0 bridgehead atoms. The van der Waals surface area contributed by atoms with Crippen molar-refractivity contribution in [3.8, 4) is 0 Å². The zero-order chi connectivity index (χ0) is 13.3. The molecule has 1 saturated heterocycles. The molecular weight excluding hydrogens is 276 g/mol. The van der Waals surface area contributed by atoms with Crippen LogP contribution < -0.4 is 10.0 Å². The summed E-state index contributed by atoms with van der Waals surface area (Å²) in [4.78, 5) is 0.0808. The van der Waals surface area contributed by atoms with E-state index in [0.29, 0.717) is 12.2 Å². The predicted octanol–water partition coefficient (Wildman–Crippen LogP) is 0.412. The highest BCUT2D eigenvalue weighted by molar-refractivity contribution is 7.89. The van der Waals surface area contributed by atoms with E-state index in [4.69, 9.17) is 11.6 Å². The van der Waals surface area contributed by atoms with Gasteiger partial charge in [0.05, 0.1) is 5.69 Å². The fourth-order valence-electron chi connectivity index (χ4n) is 2.15. The Bertz CT molecular complexity index is 534. The van der Waals surface area contributed by atoms with Gasteiger partial charge in [-0.2, -0.15) is 5.10 Å². The monoisotopic (exact) mass is 292 g/mol. The van der Waals surface area contributed by atoms with Crippen LogP contribution in [0.2, 0.25) is 5.15 Å². The highest BCUT2D eigenvalue weighted by Crippen LogP contribution is 2.24. The lowest BCUT2D eigenvalue weighted by molar-refractivity contribution is 0.428. The van der Waals surface area contributed by atoms with Crippen LogP contribution in [0.15, 0.2) is 4.90 Å². The van der Waals surface area contributed by atoms with E-state index in [1.54, 1.807) is 14.0 Å². The topological polar surface area (TPSA) is 76.0 Å². The first kappa shape index (κ1) is 13.8. The molecule has 8 heteroatoms. The van der Waals surface area contributed by atoms with Crippen molar-refractivity contribution in [1.29, 1.82) is 0 Å². The van der Waals surface area contributed by atoms with Crippen molar-refractivity contribution in [2.75, 3.05) is 13.1 Å². The lowest BCUT2D eigenvalue weighted by Crippen LogP contribution is -2.45. The van der Waals surface area contributed by atoms with Crippen LogP contribution in [0.25, 0.3) is 0 Å². The van der Waals surface area contributed by atoms with E-state index in [-0.39, 0.29) is 16.1 Å². The van der Waals surface area contributed by atoms with E-state index in [0.717, 1.165) is 19.4 Å². The van der Waals surface area contributed by atoms with Gasteiger partial charge >= 0.3 is 0 Å². The molecule has 1 atom stereocenters. The number of rotatable bonds is 3. The molecule has 0 aromatic carbocycles. The molecule has 6 nitrogen and oxygen atoms in total. The van der Waals surface area contributed by atoms with Crippen molar-refractivity contribution < 1.29 is 8.42 Å². The molecule has 0 radical (unpaired) electrons. The van der Waals surface area contributed by atoms with Crippen molar-refractivity contribution in [2.45, 2.75) is 30.7 Å². The van der Waals surface area contributed by atoms with Crippen LogP contribution in [0.5, 0.6) is 0 Å². The summed E-state index contributed by atoms with van der Waals surface area (Å²) in [7, 11) is -1.98. The molecule has 1 aromatic heterocycles. The van der Waals surface area contributed by atoms with Gasteiger partial charge in [-0.1, -0.05) is 11.6 Å². The van der Waals surface area contributed by atoms with Crippen molar-refractivity contribution in [2.24, 2.45) is 7.05 Å². The van der Waals surface area contributed by atoms with E-state index < -0.39 is 10.0 Å². The second-order valence-electron chi connectivity index (χ2n) is 4.49. The molecule has 0 spiro atoms. The Morgan fingerprint density at radius 3 is 2.78 bits per heavy atom. The number of nitrogens with zero attached hydrogens (tertiary/aromatic N) is 2. The van der Waals surface area contributed by atoms with Gasteiger partial charge in [0, 0.05) is 19.6 Å². The number of piperidine rings is 1. The van der Waals surface area contributed by atoms with E-state index in [1.807, 2.05) is 0 Å². The first-order valence-electron chi connectivity index (χ1n) is 5.84. The number of hydrogen-bond donors (Lipinski definition) is 2. The average molecular weight is 293 g/mol. The summed E-state index contributed by atoms with van der Waals surface area (Å²) in [6, 6.07) is -0.0839. The molecule has 102 valence electrons. The maximum absolute atomic E-state index is 12.3. The van der Waals surface area contributed by atoms with Crippen LogP contribution in [0.4, 0.5) is 0 Å².